The van der Waals surface area contributed by atoms with Gasteiger partial charge in [-0.05, 0) is 39.0 Å². The third-order valence-electron chi connectivity index (χ3n) is 4.51. The van der Waals surface area contributed by atoms with E-state index < -0.39 is 0 Å². The second-order valence-corrected chi connectivity index (χ2v) is 5.78. The predicted molar refractivity (Wildman–Crippen MR) is 75.2 cm³/mol. The van der Waals surface area contributed by atoms with E-state index >= 15 is 0 Å². The van der Waals surface area contributed by atoms with E-state index in [1.807, 2.05) is 0 Å². The van der Waals surface area contributed by atoms with E-state index in [0.29, 0.717) is 6.10 Å². The van der Waals surface area contributed by atoms with Gasteiger partial charge >= 0.3 is 0 Å². The highest BCUT2D eigenvalue weighted by Gasteiger charge is 2.38. The molecule has 0 spiro atoms. The normalized spacial score (nSPS) is 28.4. The van der Waals surface area contributed by atoms with Crippen molar-refractivity contribution in [2.75, 3.05) is 26.4 Å². The summed E-state index contributed by atoms with van der Waals surface area (Å²) < 4.78 is 17.1. The van der Waals surface area contributed by atoms with Gasteiger partial charge in [0.15, 0.2) is 0 Å². The van der Waals surface area contributed by atoms with Crippen molar-refractivity contribution in [1.82, 2.24) is 0 Å². The molecule has 0 bridgehead atoms. The Morgan fingerprint density at radius 2 is 2.11 bits per heavy atom. The van der Waals surface area contributed by atoms with Gasteiger partial charge in [-0.3, -0.25) is 0 Å². The van der Waals surface area contributed by atoms with Crippen molar-refractivity contribution in [2.45, 2.75) is 69.6 Å². The van der Waals surface area contributed by atoms with Crippen molar-refractivity contribution in [3.63, 3.8) is 0 Å². The summed E-state index contributed by atoms with van der Waals surface area (Å²) in [7, 11) is 0. The van der Waals surface area contributed by atoms with E-state index in [2.05, 4.69) is 6.92 Å². The Balaban J connectivity index is 1.76. The lowest BCUT2D eigenvalue weighted by atomic mass is 9.83. The lowest BCUT2D eigenvalue weighted by Crippen LogP contribution is -2.53. The highest BCUT2D eigenvalue weighted by molar-refractivity contribution is 4.93. The van der Waals surface area contributed by atoms with Gasteiger partial charge in [0.2, 0.25) is 0 Å². The lowest BCUT2D eigenvalue weighted by Gasteiger charge is -2.41. The summed E-state index contributed by atoms with van der Waals surface area (Å²) in [6.45, 7) is 5.28. The third-order valence-corrected chi connectivity index (χ3v) is 4.51. The Kier molecular flexibility index (Phi) is 6.07. The highest BCUT2D eigenvalue weighted by atomic mass is 16.5. The summed E-state index contributed by atoms with van der Waals surface area (Å²) in [5.41, 5.74) is 6.28. The molecular weight excluding hydrogens is 242 g/mol. The first-order valence-electron chi connectivity index (χ1n) is 7.86. The molecule has 4 heteroatoms. The molecule has 2 N–H and O–H groups in total. The molecule has 0 aromatic rings. The molecule has 112 valence electrons. The Morgan fingerprint density at radius 1 is 1.32 bits per heavy atom. The highest BCUT2D eigenvalue weighted by Crippen LogP contribution is 2.30. The van der Waals surface area contributed by atoms with Crippen LogP contribution in [0.2, 0.25) is 0 Å². The predicted octanol–water partition coefficient (Wildman–Crippen LogP) is 2.25. The van der Waals surface area contributed by atoms with E-state index in [1.165, 1.54) is 12.8 Å². The van der Waals surface area contributed by atoms with Gasteiger partial charge in [0.1, 0.15) is 0 Å². The lowest BCUT2D eigenvalue weighted by molar-refractivity contribution is -0.122. The summed E-state index contributed by atoms with van der Waals surface area (Å²) in [5.74, 6) is 0. The van der Waals surface area contributed by atoms with E-state index in [0.717, 1.165) is 58.5 Å². The topological polar surface area (TPSA) is 53.7 Å². The van der Waals surface area contributed by atoms with E-state index in [-0.39, 0.29) is 11.6 Å². The molecule has 0 aromatic heterocycles. The molecule has 4 nitrogen and oxygen atoms in total. The van der Waals surface area contributed by atoms with Crippen LogP contribution in [-0.4, -0.2) is 44.2 Å². The van der Waals surface area contributed by atoms with Crippen LogP contribution in [0.15, 0.2) is 0 Å². The monoisotopic (exact) mass is 271 g/mol. The molecule has 0 amide bonds. The molecule has 2 saturated heterocycles. The first-order valence-corrected chi connectivity index (χ1v) is 7.86. The molecule has 0 saturated carbocycles. The molecule has 0 aliphatic carbocycles. The third kappa shape index (κ3) is 4.15. The zero-order chi connectivity index (χ0) is 13.6. The number of hydrogen-bond acceptors (Lipinski definition) is 4. The average Bonchev–Trinajstić information content (AvgIpc) is 2.93. The standard InChI is InChI=1S/C15H29NO3/c1-2-19-15(8-11-17-12-9-15)14(16)7-3-5-13-6-4-10-18-13/h13-14H,2-12,16H2,1H3. The Bertz CT molecular complexity index is 242. The second-order valence-electron chi connectivity index (χ2n) is 5.78. The van der Waals surface area contributed by atoms with Crippen LogP contribution in [0.1, 0.15) is 51.9 Å². The molecule has 2 fully saturated rings. The summed E-state index contributed by atoms with van der Waals surface area (Å²) in [5, 5.41) is 0. The average molecular weight is 271 g/mol. The molecule has 2 heterocycles. The van der Waals surface area contributed by atoms with E-state index in [4.69, 9.17) is 19.9 Å². The van der Waals surface area contributed by atoms with Crippen LogP contribution in [-0.2, 0) is 14.2 Å². The van der Waals surface area contributed by atoms with Gasteiger partial charge in [0.05, 0.1) is 11.7 Å². The fourth-order valence-corrected chi connectivity index (χ4v) is 3.33. The largest absolute Gasteiger partial charge is 0.381 e. The Morgan fingerprint density at radius 3 is 2.74 bits per heavy atom. The maximum Gasteiger partial charge on any atom is 0.0876 e. The van der Waals surface area contributed by atoms with Gasteiger partial charge in [-0.25, -0.2) is 0 Å². The molecular formula is C15H29NO3. The summed E-state index contributed by atoms with van der Waals surface area (Å²) in [4.78, 5) is 0. The van der Waals surface area contributed by atoms with Gasteiger partial charge < -0.3 is 19.9 Å². The summed E-state index contributed by atoms with van der Waals surface area (Å²) in [6.07, 6.45) is 8.10. The van der Waals surface area contributed by atoms with E-state index in [1.54, 1.807) is 0 Å². The molecule has 2 atom stereocenters. The zero-order valence-electron chi connectivity index (χ0n) is 12.2. The van der Waals surface area contributed by atoms with Crippen LogP contribution in [0.25, 0.3) is 0 Å². The minimum absolute atomic E-state index is 0.123. The van der Waals surface area contributed by atoms with Gasteiger partial charge in [-0.2, -0.15) is 0 Å². The van der Waals surface area contributed by atoms with Gasteiger partial charge in [-0.1, -0.05) is 0 Å². The molecule has 0 aromatic carbocycles. The smallest absolute Gasteiger partial charge is 0.0876 e. The van der Waals surface area contributed by atoms with Crippen LogP contribution in [0.3, 0.4) is 0 Å². The Hall–Kier alpha value is -0.160. The molecule has 19 heavy (non-hydrogen) atoms. The van der Waals surface area contributed by atoms with Crippen LogP contribution in [0.5, 0.6) is 0 Å². The van der Waals surface area contributed by atoms with Gasteiger partial charge in [0.25, 0.3) is 0 Å². The molecule has 2 aliphatic heterocycles. The van der Waals surface area contributed by atoms with Crippen molar-refractivity contribution < 1.29 is 14.2 Å². The van der Waals surface area contributed by atoms with Crippen LogP contribution in [0, 0.1) is 0 Å². The molecule has 0 radical (unpaired) electrons. The molecule has 2 unspecified atom stereocenters. The van der Waals surface area contributed by atoms with Crippen LogP contribution < -0.4 is 5.73 Å². The molecule has 2 aliphatic rings. The minimum Gasteiger partial charge on any atom is -0.381 e. The second kappa shape index (κ2) is 7.58. The number of ether oxygens (including phenoxy) is 3. The number of hydrogen-bond donors (Lipinski definition) is 1. The van der Waals surface area contributed by atoms with Crippen molar-refractivity contribution >= 4 is 0 Å². The van der Waals surface area contributed by atoms with Gasteiger partial charge in [0, 0.05) is 45.3 Å². The van der Waals surface area contributed by atoms with Gasteiger partial charge in [-0.15, -0.1) is 0 Å². The quantitative estimate of drug-likeness (QED) is 0.771. The first-order chi connectivity index (χ1) is 9.27. The SMILES string of the molecule is CCOC1(C(N)CCCC2CCCO2)CCOCC1. The van der Waals surface area contributed by atoms with Crippen molar-refractivity contribution in [2.24, 2.45) is 5.73 Å². The first kappa shape index (κ1) is 15.2. The Labute approximate surface area is 117 Å². The zero-order valence-corrected chi connectivity index (χ0v) is 12.2. The number of rotatable bonds is 7. The maximum absolute atomic E-state index is 6.43. The summed E-state index contributed by atoms with van der Waals surface area (Å²) >= 11 is 0. The van der Waals surface area contributed by atoms with E-state index in [9.17, 15) is 0 Å². The van der Waals surface area contributed by atoms with Crippen LogP contribution >= 0.6 is 0 Å². The molecule has 2 rings (SSSR count). The number of nitrogens with two attached hydrogens (primary N) is 1. The van der Waals surface area contributed by atoms with Crippen molar-refractivity contribution in [1.29, 1.82) is 0 Å². The minimum atomic E-state index is -0.149. The van der Waals surface area contributed by atoms with Crippen molar-refractivity contribution in [3.05, 3.63) is 0 Å². The summed E-state index contributed by atoms with van der Waals surface area (Å²) in [6, 6.07) is 0.123. The maximum atomic E-state index is 6.43. The fraction of sp³-hybridized carbons (Fsp3) is 1.00. The fourth-order valence-electron chi connectivity index (χ4n) is 3.33. The van der Waals surface area contributed by atoms with Crippen molar-refractivity contribution in [3.8, 4) is 0 Å². The van der Waals surface area contributed by atoms with Crippen LogP contribution in [0.4, 0.5) is 0 Å².